The molecule has 0 aliphatic rings. The van der Waals surface area contributed by atoms with Crippen molar-refractivity contribution in [3.63, 3.8) is 0 Å². The molecule has 1 aromatic carbocycles. The third-order valence-corrected chi connectivity index (χ3v) is 2.05. The Morgan fingerprint density at radius 3 is 2.18 bits per heavy atom. The van der Waals surface area contributed by atoms with Gasteiger partial charge in [0, 0.05) is 6.21 Å². The number of carbonyl (C=O) groups is 2. The molecule has 0 unspecified atom stereocenters. The second kappa shape index (κ2) is 13.9. The molecule has 0 bridgehead atoms. The number of carboxylic acids is 2. The molecule has 0 aliphatic heterocycles. The van der Waals surface area contributed by atoms with E-state index in [-0.39, 0.29) is 50.1 Å². The van der Waals surface area contributed by atoms with E-state index in [2.05, 4.69) is 4.99 Å². The number of aliphatic carboxylic acids is 1. The molecule has 0 saturated heterocycles. The van der Waals surface area contributed by atoms with Crippen molar-refractivity contribution in [1.82, 2.24) is 0 Å². The maximum Gasteiger partial charge on any atom is 2.00 e. The zero-order chi connectivity index (χ0) is 13.0. The number of carbonyl (C=O) groups excluding carboxylic acids is 1. The quantitative estimate of drug-likeness (QED) is 0.311. The van der Waals surface area contributed by atoms with Gasteiger partial charge in [0.1, 0.15) is 0 Å². The molecule has 0 saturated carbocycles. The van der Waals surface area contributed by atoms with Crippen molar-refractivity contribution in [3.05, 3.63) is 29.3 Å². The van der Waals surface area contributed by atoms with Crippen molar-refractivity contribution in [2.45, 2.75) is 13.0 Å². The van der Waals surface area contributed by atoms with Gasteiger partial charge in [0.25, 0.3) is 0 Å². The van der Waals surface area contributed by atoms with Gasteiger partial charge in [-0.25, -0.2) is 4.79 Å². The predicted octanol–water partition coefficient (Wildman–Crippen LogP) is -4.48. The summed E-state index contributed by atoms with van der Waals surface area (Å²) in [5.74, 6) is -3.41. The normalized spacial score (nSPS) is 9.68. The van der Waals surface area contributed by atoms with Crippen LogP contribution in [0.1, 0.15) is 22.8 Å². The standard InChI is InChI=1S/C11H11NO5.Cu.4H2O/c1-6(10(14)15)12-5-7-3-2-4-8(9(7)13)11(16)17;;;;;/h2-6,13H,1H3,(H,14,15)(H,16,17);;4*1H2/q;+2;;;;/t6-;;;;;/m0...../s1. The molecule has 0 amide bonds. The first-order valence-corrected chi connectivity index (χ1v) is 4.71. The number of hydrogen-bond acceptors (Lipinski definition) is 5. The first kappa shape index (κ1) is 32.1. The minimum atomic E-state index is -1.37. The molecule has 1 atom stereocenters. The Morgan fingerprint density at radius 2 is 1.77 bits per heavy atom. The van der Waals surface area contributed by atoms with Gasteiger partial charge in [-0.15, -0.1) is 0 Å². The SMILES string of the molecule is C[C@H](N=Cc1cccc(C(=O)O)c1[O-])C(=O)[O-].O.O.[Cu+2].[OH3+].[OH3+]. The maximum absolute atomic E-state index is 11.6. The molecule has 1 radical (unpaired) electrons. The Labute approximate surface area is 135 Å². The van der Waals surface area contributed by atoms with Crippen molar-refractivity contribution >= 4 is 18.2 Å². The van der Waals surface area contributed by atoms with Crippen LogP contribution in [0.4, 0.5) is 0 Å². The number of nitrogens with zero attached hydrogens (tertiary/aromatic N) is 1. The summed E-state index contributed by atoms with van der Waals surface area (Å²) in [5.41, 5.74) is -0.354. The zero-order valence-corrected chi connectivity index (χ0v) is 12.3. The number of rotatable bonds is 4. The van der Waals surface area contributed by atoms with E-state index in [0.717, 1.165) is 6.21 Å². The summed E-state index contributed by atoms with van der Waals surface area (Å²) in [6, 6.07) is 2.82. The van der Waals surface area contributed by atoms with E-state index in [1.54, 1.807) is 0 Å². The van der Waals surface area contributed by atoms with Crippen LogP contribution in [0.25, 0.3) is 0 Å². The molecule has 0 fully saturated rings. The molecular weight excluding hydrogens is 354 g/mol. The van der Waals surface area contributed by atoms with E-state index in [1.807, 2.05) is 0 Å². The second-order valence-corrected chi connectivity index (χ2v) is 3.30. The fraction of sp³-hybridized carbons (Fsp3) is 0.182. The molecular formula is C11H19CuNO9+2. The van der Waals surface area contributed by atoms with Crippen LogP contribution in [0.5, 0.6) is 5.75 Å². The van der Waals surface area contributed by atoms with Gasteiger partial charge in [-0.3, -0.25) is 4.99 Å². The third-order valence-electron chi connectivity index (χ3n) is 2.05. The van der Waals surface area contributed by atoms with E-state index in [4.69, 9.17) is 5.11 Å². The summed E-state index contributed by atoms with van der Waals surface area (Å²) in [5, 5.41) is 30.6. The van der Waals surface area contributed by atoms with Crippen molar-refractivity contribution in [3.8, 4) is 5.75 Å². The Morgan fingerprint density at radius 1 is 1.27 bits per heavy atom. The van der Waals surface area contributed by atoms with Crippen LogP contribution < -0.4 is 10.2 Å². The van der Waals surface area contributed by atoms with Gasteiger partial charge in [0.2, 0.25) is 0 Å². The Balaban J connectivity index is -0.000000193. The molecule has 11 heteroatoms. The summed E-state index contributed by atoms with van der Waals surface area (Å²) in [6.07, 6.45) is 1.04. The van der Waals surface area contributed by atoms with Gasteiger partial charge in [-0.1, -0.05) is 17.9 Å². The monoisotopic (exact) mass is 372 g/mol. The number of benzene rings is 1. The molecule has 0 aromatic heterocycles. The zero-order valence-electron chi connectivity index (χ0n) is 11.4. The number of carboxylic acid groups (broad SMARTS) is 2. The van der Waals surface area contributed by atoms with Crippen LogP contribution in [-0.4, -0.2) is 40.3 Å². The van der Waals surface area contributed by atoms with Crippen LogP contribution in [0.3, 0.4) is 0 Å². The van der Waals surface area contributed by atoms with Crippen LogP contribution in [0, 0.1) is 0 Å². The summed E-state index contributed by atoms with van der Waals surface area (Å²) in [6.45, 7) is 1.29. The molecule has 0 aliphatic carbocycles. The average Bonchev–Trinajstić information content (AvgIpc) is 2.26. The van der Waals surface area contributed by atoms with E-state index >= 15 is 0 Å². The first-order chi connectivity index (χ1) is 7.93. The molecule has 1 rings (SSSR count). The van der Waals surface area contributed by atoms with Crippen LogP contribution in [0.2, 0.25) is 0 Å². The Kier molecular flexibility index (Phi) is 20.3. The Bertz CT molecular complexity index is 492. The smallest absolute Gasteiger partial charge is 0.871 e. The van der Waals surface area contributed by atoms with Crippen LogP contribution in [-0.2, 0) is 32.8 Å². The fourth-order valence-electron chi connectivity index (χ4n) is 1.08. The number of aromatic carboxylic acids is 1. The second-order valence-electron chi connectivity index (χ2n) is 3.30. The van der Waals surface area contributed by atoms with Gasteiger partial charge >= 0.3 is 23.0 Å². The summed E-state index contributed by atoms with van der Waals surface area (Å²) >= 11 is 0. The van der Waals surface area contributed by atoms with E-state index in [9.17, 15) is 19.8 Å². The van der Waals surface area contributed by atoms with Crippen molar-refractivity contribution in [2.24, 2.45) is 4.99 Å². The molecule has 11 N–H and O–H groups in total. The van der Waals surface area contributed by atoms with Gasteiger partial charge in [-0.05, 0) is 18.6 Å². The number of hydrogen-bond donors (Lipinski definition) is 1. The topological polar surface area (TPSA) is 242 Å². The molecule has 131 valence electrons. The van der Waals surface area contributed by atoms with Crippen LogP contribution in [0.15, 0.2) is 23.2 Å². The molecule has 22 heavy (non-hydrogen) atoms. The average molecular weight is 373 g/mol. The molecule has 1 aromatic rings. The number of para-hydroxylation sites is 1. The van der Waals surface area contributed by atoms with Gasteiger partial charge in [0.05, 0.1) is 17.6 Å². The minimum Gasteiger partial charge on any atom is -0.871 e. The van der Waals surface area contributed by atoms with E-state index in [1.165, 1.54) is 25.1 Å². The third kappa shape index (κ3) is 8.32. The predicted molar refractivity (Wildman–Crippen MR) is 71.9 cm³/mol. The van der Waals surface area contributed by atoms with Gasteiger partial charge in [-0.2, -0.15) is 0 Å². The maximum atomic E-state index is 11.6. The van der Waals surface area contributed by atoms with Gasteiger partial charge in [0.15, 0.2) is 0 Å². The van der Waals surface area contributed by atoms with E-state index in [0.29, 0.717) is 0 Å². The first-order valence-electron chi connectivity index (χ1n) is 4.71. The van der Waals surface area contributed by atoms with Crippen molar-refractivity contribution in [2.75, 3.05) is 0 Å². The molecule has 0 spiro atoms. The van der Waals surface area contributed by atoms with Gasteiger partial charge < -0.3 is 42.0 Å². The fourth-order valence-corrected chi connectivity index (χ4v) is 1.08. The summed E-state index contributed by atoms with van der Waals surface area (Å²) < 4.78 is 0. The molecule has 10 nitrogen and oxygen atoms in total. The van der Waals surface area contributed by atoms with Crippen molar-refractivity contribution in [1.29, 1.82) is 0 Å². The van der Waals surface area contributed by atoms with Crippen LogP contribution >= 0.6 is 0 Å². The summed E-state index contributed by atoms with van der Waals surface area (Å²) in [4.78, 5) is 24.6. The summed E-state index contributed by atoms with van der Waals surface area (Å²) in [7, 11) is 0. The van der Waals surface area contributed by atoms with Crippen molar-refractivity contribution < 1.29 is 63.9 Å². The molecule has 0 heterocycles. The Hall–Kier alpha value is -2.01. The minimum absolute atomic E-state index is 0. The number of aliphatic imine (C=N–C) groups is 1. The largest absolute Gasteiger partial charge is 2.00 e. The van der Waals surface area contributed by atoms with E-state index < -0.39 is 23.7 Å².